The highest BCUT2D eigenvalue weighted by molar-refractivity contribution is 5.92. The second kappa shape index (κ2) is 14.7. The lowest BCUT2D eigenvalue weighted by Crippen LogP contribution is -2.57. The molecule has 1 aliphatic heterocycles. The Bertz CT molecular complexity index is 1030. The molecule has 228 valence electrons. The highest BCUT2D eigenvalue weighted by Crippen LogP contribution is 2.23. The van der Waals surface area contributed by atoms with Crippen molar-refractivity contribution in [2.45, 2.75) is 122 Å². The average Bonchev–Trinajstić information content (AvgIpc) is 3.40. The lowest BCUT2D eigenvalue weighted by molar-refractivity contribution is -0.156. The molecule has 1 heterocycles. The summed E-state index contributed by atoms with van der Waals surface area (Å²) in [5.74, 6) is -1.78. The number of likely N-dealkylation sites (tertiary alicyclic amines) is 1. The number of rotatable bonds is 10. The number of nitrogens with one attached hydrogen (secondary N) is 2. The normalized spacial score (nSPS) is 20.2. The summed E-state index contributed by atoms with van der Waals surface area (Å²) >= 11 is 0. The van der Waals surface area contributed by atoms with Crippen molar-refractivity contribution in [3.63, 3.8) is 0 Å². The zero-order chi connectivity index (χ0) is 30.2. The molecule has 2 fully saturated rings. The fraction of sp³-hybridized carbons (Fsp3) is 0.677. The Balaban J connectivity index is 1.70. The van der Waals surface area contributed by atoms with Crippen molar-refractivity contribution >= 4 is 23.9 Å². The average molecular weight is 574 g/mol. The summed E-state index contributed by atoms with van der Waals surface area (Å²) in [5, 5.41) is 16.7. The van der Waals surface area contributed by atoms with E-state index < -0.39 is 53.7 Å². The van der Waals surface area contributed by atoms with E-state index in [4.69, 9.17) is 9.47 Å². The van der Waals surface area contributed by atoms with Gasteiger partial charge in [0.1, 0.15) is 23.8 Å². The molecule has 41 heavy (non-hydrogen) atoms. The molecule has 0 aromatic heterocycles. The molecule has 2 aliphatic rings. The van der Waals surface area contributed by atoms with Gasteiger partial charge in [-0.1, -0.05) is 50.6 Å². The number of alkyl carbamates (subject to hydrolysis) is 1. The molecule has 1 aromatic rings. The Labute approximate surface area is 243 Å². The van der Waals surface area contributed by atoms with Crippen LogP contribution in [0, 0.1) is 5.92 Å². The predicted molar refractivity (Wildman–Crippen MR) is 154 cm³/mol. The number of amides is 3. The molecular weight excluding hydrogens is 526 g/mol. The van der Waals surface area contributed by atoms with E-state index in [0.29, 0.717) is 12.8 Å². The highest BCUT2D eigenvalue weighted by atomic mass is 16.6. The van der Waals surface area contributed by atoms with E-state index in [1.165, 1.54) is 4.90 Å². The summed E-state index contributed by atoms with van der Waals surface area (Å²) in [5.41, 5.74) is 0.0481. The highest BCUT2D eigenvalue weighted by Gasteiger charge is 2.41. The van der Waals surface area contributed by atoms with Crippen LogP contribution in [0.3, 0.4) is 0 Å². The van der Waals surface area contributed by atoms with Gasteiger partial charge < -0.3 is 30.1 Å². The fourth-order valence-corrected chi connectivity index (χ4v) is 5.38. The SMILES string of the molecule is CC(C)[C@H](NC(=O)[C@@H]1CCCN1C(=O)[C@@H](O)[C@H](Cc1ccccc1)NC(=O)OC(C)(C)C)C(=O)OC1CCCCC1. The smallest absolute Gasteiger partial charge is 0.407 e. The number of aliphatic hydroxyl groups excluding tert-OH is 1. The number of hydrogen-bond acceptors (Lipinski definition) is 7. The van der Waals surface area contributed by atoms with E-state index >= 15 is 0 Å². The van der Waals surface area contributed by atoms with Crippen molar-refractivity contribution in [1.29, 1.82) is 0 Å². The number of ether oxygens (including phenoxy) is 2. The maximum absolute atomic E-state index is 13.6. The van der Waals surface area contributed by atoms with Gasteiger partial charge in [-0.15, -0.1) is 0 Å². The lowest BCUT2D eigenvalue weighted by atomic mass is 9.97. The van der Waals surface area contributed by atoms with Gasteiger partial charge in [0.05, 0.1) is 6.04 Å². The lowest BCUT2D eigenvalue weighted by Gasteiger charge is -2.32. The van der Waals surface area contributed by atoms with Crippen LogP contribution in [0.25, 0.3) is 0 Å². The number of hydrogen-bond donors (Lipinski definition) is 3. The largest absolute Gasteiger partial charge is 0.461 e. The van der Waals surface area contributed by atoms with Crippen molar-refractivity contribution < 1.29 is 33.8 Å². The standard InChI is InChI=1S/C31H47N3O7/c1-20(2)25(29(38)40-22-15-10-7-11-16-22)33-27(36)24-17-12-18-34(24)28(37)26(35)23(19-21-13-8-6-9-14-21)32-30(39)41-31(3,4)5/h6,8-9,13-14,20,22-26,35H,7,10-12,15-19H2,1-5H3,(H,32,39)(H,33,36)/t23-,24-,25-,26-/m0/s1. The van der Waals surface area contributed by atoms with E-state index in [2.05, 4.69) is 10.6 Å². The van der Waals surface area contributed by atoms with Gasteiger partial charge in [0.15, 0.2) is 6.10 Å². The number of aliphatic hydroxyl groups is 1. The second-order valence-electron chi connectivity index (χ2n) is 12.5. The number of benzene rings is 1. The maximum Gasteiger partial charge on any atom is 0.407 e. The van der Waals surface area contributed by atoms with Gasteiger partial charge in [-0.2, -0.15) is 0 Å². The molecule has 0 radical (unpaired) electrons. The number of carbonyl (C=O) groups excluding carboxylic acids is 4. The first kappa shape index (κ1) is 32.4. The summed E-state index contributed by atoms with van der Waals surface area (Å²) in [6, 6.07) is 6.52. The molecule has 1 aromatic carbocycles. The molecule has 1 aliphatic carbocycles. The van der Waals surface area contributed by atoms with E-state index in [-0.39, 0.29) is 25.0 Å². The maximum atomic E-state index is 13.6. The van der Waals surface area contributed by atoms with Gasteiger partial charge in [0.25, 0.3) is 5.91 Å². The summed E-state index contributed by atoms with van der Waals surface area (Å²) < 4.78 is 11.1. The fourth-order valence-electron chi connectivity index (χ4n) is 5.38. The van der Waals surface area contributed by atoms with Crippen LogP contribution in [0.1, 0.15) is 85.1 Å². The van der Waals surface area contributed by atoms with E-state index in [1.807, 2.05) is 44.2 Å². The van der Waals surface area contributed by atoms with Crippen LogP contribution < -0.4 is 10.6 Å². The monoisotopic (exact) mass is 573 g/mol. The topological polar surface area (TPSA) is 134 Å². The molecule has 4 atom stereocenters. The molecular formula is C31H47N3O7. The van der Waals surface area contributed by atoms with Crippen molar-refractivity contribution in [2.75, 3.05) is 6.54 Å². The van der Waals surface area contributed by atoms with E-state index in [1.54, 1.807) is 20.8 Å². The summed E-state index contributed by atoms with van der Waals surface area (Å²) in [6.07, 6.45) is 3.48. The van der Waals surface area contributed by atoms with Gasteiger partial charge >= 0.3 is 12.1 Å². The van der Waals surface area contributed by atoms with Gasteiger partial charge in [0, 0.05) is 6.54 Å². The Morgan fingerprint density at radius 3 is 2.24 bits per heavy atom. The molecule has 10 nitrogen and oxygen atoms in total. The quantitative estimate of drug-likeness (QED) is 0.365. The molecule has 3 amide bonds. The summed E-state index contributed by atoms with van der Waals surface area (Å²) in [7, 11) is 0. The van der Waals surface area contributed by atoms with E-state index in [9.17, 15) is 24.3 Å². The number of carbonyl (C=O) groups is 4. The first-order valence-electron chi connectivity index (χ1n) is 14.9. The zero-order valence-corrected chi connectivity index (χ0v) is 25.1. The second-order valence-corrected chi connectivity index (χ2v) is 12.5. The molecule has 10 heteroatoms. The summed E-state index contributed by atoms with van der Waals surface area (Å²) in [4.78, 5) is 53.9. The minimum absolute atomic E-state index is 0.131. The molecule has 1 saturated heterocycles. The summed E-state index contributed by atoms with van der Waals surface area (Å²) in [6.45, 7) is 9.13. The predicted octanol–water partition coefficient (Wildman–Crippen LogP) is 3.49. The molecule has 0 unspecified atom stereocenters. The Morgan fingerprint density at radius 1 is 0.976 bits per heavy atom. The number of esters is 1. The minimum atomic E-state index is -1.62. The van der Waals surface area contributed by atoms with Gasteiger partial charge in [-0.3, -0.25) is 9.59 Å². The Hall–Kier alpha value is -3.14. The van der Waals surface area contributed by atoms with Crippen LogP contribution in [0.15, 0.2) is 30.3 Å². The van der Waals surface area contributed by atoms with Crippen molar-refractivity contribution in [1.82, 2.24) is 15.5 Å². The molecule has 0 spiro atoms. The molecule has 3 N–H and O–H groups in total. The van der Waals surface area contributed by atoms with Gasteiger partial charge in [0.2, 0.25) is 5.91 Å². The van der Waals surface area contributed by atoms with Crippen molar-refractivity contribution in [3.8, 4) is 0 Å². The minimum Gasteiger partial charge on any atom is -0.461 e. The van der Waals surface area contributed by atoms with Crippen molar-refractivity contribution in [2.24, 2.45) is 5.92 Å². The van der Waals surface area contributed by atoms with Gasteiger partial charge in [-0.05, 0) is 77.2 Å². The van der Waals surface area contributed by atoms with Crippen LogP contribution in [-0.4, -0.2) is 76.4 Å². The third kappa shape index (κ3) is 9.73. The van der Waals surface area contributed by atoms with Crippen LogP contribution in [-0.2, 0) is 30.3 Å². The van der Waals surface area contributed by atoms with E-state index in [0.717, 1.165) is 37.7 Å². The molecule has 1 saturated carbocycles. The Morgan fingerprint density at radius 2 is 1.63 bits per heavy atom. The third-order valence-electron chi connectivity index (χ3n) is 7.53. The van der Waals surface area contributed by atoms with Crippen LogP contribution in [0.5, 0.6) is 0 Å². The third-order valence-corrected chi connectivity index (χ3v) is 7.53. The van der Waals surface area contributed by atoms with Crippen LogP contribution >= 0.6 is 0 Å². The van der Waals surface area contributed by atoms with Crippen molar-refractivity contribution in [3.05, 3.63) is 35.9 Å². The van der Waals surface area contributed by atoms with Crippen LogP contribution in [0.4, 0.5) is 4.79 Å². The van der Waals surface area contributed by atoms with Gasteiger partial charge in [-0.25, -0.2) is 9.59 Å². The molecule has 0 bridgehead atoms. The van der Waals surface area contributed by atoms with Crippen LogP contribution in [0.2, 0.25) is 0 Å². The first-order valence-corrected chi connectivity index (χ1v) is 14.9. The number of nitrogens with zero attached hydrogens (tertiary/aromatic N) is 1. The Kier molecular flexibility index (Phi) is 11.6. The molecule has 3 rings (SSSR count). The first-order chi connectivity index (χ1) is 19.4. The zero-order valence-electron chi connectivity index (χ0n) is 25.1.